The Morgan fingerprint density at radius 3 is 2.57 bits per heavy atom. The lowest BCUT2D eigenvalue weighted by molar-refractivity contribution is -0.120. The number of hydrogen-bond acceptors (Lipinski definition) is 4. The zero-order valence-corrected chi connectivity index (χ0v) is 14.7. The molecule has 0 spiro atoms. The van der Waals surface area contributed by atoms with Gasteiger partial charge in [0.2, 0.25) is 5.91 Å². The van der Waals surface area contributed by atoms with Gasteiger partial charge in [-0.25, -0.2) is 0 Å². The summed E-state index contributed by atoms with van der Waals surface area (Å²) in [6, 6.07) is 4.83. The van der Waals surface area contributed by atoms with Crippen LogP contribution in [0.1, 0.15) is 36.9 Å². The summed E-state index contributed by atoms with van der Waals surface area (Å²) in [7, 11) is 3.35. The summed E-state index contributed by atoms with van der Waals surface area (Å²) >= 11 is 0. The number of nitrogens with zero attached hydrogens (tertiary/aromatic N) is 1. The maximum absolute atomic E-state index is 11.3. The summed E-state index contributed by atoms with van der Waals surface area (Å²) in [5.74, 6) is 1.63. The standard InChI is InChI=1S/C17H24N2O3.ClH/c1-11(20)18-13-5-7-19-6-4-12-8-16(21-2)17(22-3)10-14(12)15(19)9-13;/h8,10,13,15H,4-7,9H2,1-3H3,(H,18,20);1H. The SMILES string of the molecule is COc1cc2c(cc1OC)C1CC(NC(C)=O)CCN1CC2.Cl. The number of ether oxygens (including phenoxy) is 2. The normalized spacial score (nSPS) is 23.1. The number of carbonyl (C=O) groups excluding carboxylic acids is 1. The number of carbonyl (C=O) groups is 1. The molecule has 1 fully saturated rings. The monoisotopic (exact) mass is 340 g/mol. The van der Waals surface area contributed by atoms with Gasteiger partial charge in [-0.15, -0.1) is 12.4 Å². The molecule has 2 heterocycles. The number of benzene rings is 1. The van der Waals surface area contributed by atoms with Crippen molar-refractivity contribution in [1.29, 1.82) is 0 Å². The Balaban J connectivity index is 0.00000192. The lowest BCUT2D eigenvalue weighted by Gasteiger charge is -2.43. The maximum Gasteiger partial charge on any atom is 0.217 e. The van der Waals surface area contributed by atoms with Crippen LogP contribution in [0.4, 0.5) is 0 Å². The minimum Gasteiger partial charge on any atom is -0.493 e. The Labute approximate surface area is 143 Å². The Hall–Kier alpha value is -1.46. The van der Waals surface area contributed by atoms with Gasteiger partial charge in [0.05, 0.1) is 14.2 Å². The van der Waals surface area contributed by atoms with E-state index < -0.39 is 0 Å². The third-order valence-corrected chi connectivity index (χ3v) is 4.79. The van der Waals surface area contributed by atoms with Gasteiger partial charge in [0.25, 0.3) is 0 Å². The van der Waals surface area contributed by atoms with Crippen molar-refractivity contribution in [2.45, 2.75) is 38.3 Å². The van der Waals surface area contributed by atoms with E-state index in [1.807, 2.05) is 0 Å². The van der Waals surface area contributed by atoms with Crippen molar-refractivity contribution < 1.29 is 14.3 Å². The molecule has 1 amide bonds. The lowest BCUT2D eigenvalue weighted by atomic mass is 9.84. The van der Waals surface area contributed by atoms with Crippen LogP contribution in [0.5, 0.6) is 11.5 Å². The van der Waals surface area contributed by atoms with Gasteiger partial charge in [0.1, 0.15) is 0 Å². The highest BCUT2D eigenvalue weighted by atomic mass is 35.5. The molecule has 0 saturated carbocycles. The molecule has 0 aliphatic carbocycles. The third-order valence-electron chi connectivity index (χ3n) is 4.79. The summed E-state index contributed by atoms with van der Waals surface area (Å²) in [6.45, 7) is 3.69. The maximum atomic E-state index is 11.3. The Morgan fingerprint density at radius 1 is 1.22 bits per heavy atom. The van der Waals surface area contributed by atoms with Gasteiger partial charge in [-0.05, 0) is 42.5 Å². The summed E-state index contributed by atoms with van der Waals surface area (Å²) in [4.78, 5) is 13.9. The van der Waals surface area contributed by atoms with E-state index >= 15 is 0 Å². The highest BCUT2D eigenvalue weighted by molar-refractivity contribution is 5.85. The van der Waals surface area contributed by atoms with Crippen LogP contribution in [0.3, 0.4) is 0 Å². The molecular weight excluding hydrogens is 316 g/mol. The molecule has 0 aromatic heterocycles. The van der Waals surface area contributed by atoms with Crippen LogP contribution in [0.2, 0.25) is 0 Å². The Kier molecular flexibility index (Phi) is 5.76. The van der Waals surface area contributed by atoms with Crippen molar-refractivity contribution in [3.8, 4) is 11.5 Å². The molecule has 0 radical (unpaired) electrons. The van der Waals surface area contributed by atoms with Crippen molar-refractivity contribution in [3.63, 3.8) is 0 Å². The van der Waals surface area contributed by atoms with Gasteiger partial charge >= 0.3 is 0 Å². The van der Waals surface area contributed by atoms with E-state index in [9.17, 15) is 4.79 Å². The summed E-state index contributed by atoms with van der Waals surface area (Å²) in [5, 5.41) is 3.08. The number of amides is 1. The summed E-state index contributed by atoms with van der Waals surface area (Å²) in [5.41, 5.74) is 2.65. The molecule has 1 N–H and O–H groups in total. The number of methoxy groups -OCH3 is 2. The Bertz CT molecular complexity index is 579. The van der Waals surface area contributed by atoms with Gasteiger partial charge in [0.15, 0.2) is 11.5 Å². The molecule has 2 aliphatic rings. The number of fused-ring (bicyclic) bond motifs is 3. The summed E-state index contributed by atoms with van der Waals surface area (Å²) in [6.07, 6.45) is 3.03. The van der Waals surface area contributed by atoms with Crippen LogP contribution in [0.15, 0.2) is 12.1 Å². The number of rotatable bonds is 3. The van der Waals surface area contributed by atoms with Crippen molar-refractivity contribution in [3.05, 3.63) is 23.3 Å². The lowest BCUT2D eigenvalue weighted by Crippen LogP contribution is -2.47. The first-order valence-corrected chi connectivity index (χ1v) is 7.88. The van der Waals surface area contributed by atoms with Gasteiger partial charge in [-0.1, -0.05) is 0 Å². The van der Waals surface area contributed by atoms with E-state index in [1.54, 1.807) is 21.1 Å². The number of hydrogen-bond donors (Lipinski definition) is 1. The second-order valence-electron chi connectivity index (χ2n) is 6.13. The van der Waals surface area contributed by atoms with E-state index in [0.29, 0.717) is 6.04 Å². The van der Waals surface area contributed by atoms with Gasteiger partial charge < -0.3 is 14.8 Å². The fourth-order valence-electron chi connectivity index (χ4n) is 3.75. The largest absolute Gasteiger partial charge is 0.493 e. The van der Waals surface area contributed by atoms with Gasteiger partial charge in [0, 0.05) is 32.1 Å². The first kappa shape index (κ1) is 17.9. The molecule has 0 bridgehead atoms. The molecule has 5 nitrogen and oxygen atoms in total. The van der Waals surface area contributed by atoms with Crippen LogP contribution in [0, 0.1) is 0 Å². The topological polar surface area (TPSA) is 50.8 Å². The molecule has 1 aromatic carbocycles. The molecule has 2 unspecified atom stereocenters. The fourth-order valence-corrected chi connectivity index (χ4v) is 3.75. The highest BCUT2D eigenvalue weighted by Crippen LogP contribution is 2.41. The average Bonchev–Trinajstić information content (AvgIpc) is 2.52. The average molecular weight is 341 g/mol. The van der Waals surface area contributed by atoms with Crippen molar-refractivity contribution in [2.24, 2.45) is 0 Å². The van der Waals surface area contributed by atoms with Gasteiger partial charge in [-0.2, -0.15) is 0 Å². The molecule has 128 valence electrons. The number of halogens is 1. The van der Waals surface area contributed by atoms with Gasteiger partial charge in [-0.3, -0.25) is 9.69 Å². The molecular formula is C17H25ClN2O3. The van der Waals surface area contributed by atoms with E-state index in [0.717, 1.165) is 43.9 Å². The van der Waals surface area contributed by atoms with Crippen LogP contribution < -0.4 is 14.8 Å². The van der Waals surface area contributed by atoms with E-state index in [4.69, 9.17) is 9.47 Å². The summed E-state index contributed by atoms with van der Waals surface area (Å²) < 4.78 is 10.9. The fraction of sp³-hybridized carbons (Fsp3) is 0.588. The Morgan fingerprint density at radius 2 is 1.91 bits per heavy atom. The second kappa shape index (κ2) is 7.41. The zero-order chi connectivity index (χ0) is 15.7. The first-order chi connectivity index (χ1) is 10.6. The van der Waals surface area contributed by atoms with E-state index in [1.165, 1.54) is 11.1 Å². The van der Waals surface area contributed by atoms with Crippen LogP contribution in [-0.4, -0.2) is 44.2 Å². The number of nitrogens with one attached hydrogen (secondary N) is 1. The molecule has 1 aromatic rings. The number of piperidine rings is 1. The molecule has 23 heavy (non-hydrogen) atoms. The van der Waals surface area contributed by atoms with Crippen molar-refractivity contribution in [1.82, 2.24) is 10.2 Å². The first-order valence-electron chi connectivity index (χ1n) is 7.88. The van der Waals surface area contributed by atoms with Crippen LogP contribution in [-0.2, 0) is 11.2 Å². The second-order valence-corrected chi connectivity index (χ2v) is 6.13. The van der Waals surface area contributed by atoms with Crippen molar-refractivity contribution in [2.75, 3.05) is 27.3 Å². The quantitative estimate of drug-likeness (QED) is 0.917. The molecule has 6 heteroatoms. The zero-order valence-electron chi connectivity index (χ0n) is 13.9. The van der Waals surface area contributed by atoms with Crippen LogP contribution >= 0.6 is 12.4 Å². The van der Waals surface area contributed by atoms with E-state index in [-0.39, 0.29) is 24.4 Å². The third kappa shape index (κ3) is 3.56. The molecule has 2 aliphatic heterocycles. The minimum absolute atomic E-state index is 0. The smallest absolute Gasteiger partial charge is 0.217 e. The van der Waals surface area contributed by atoms with E-state index in [2.05, 4.69) is 22.3 Å². The molecule has 1 saturated heterocycles. The minimum atomic E-state index is 0. The predicted molar refractivity (Wildman–Crippen MR) is 91.7 cm³/mol. The van der Waals surface area contributed by atoms with Crippen LogP contribution in [0.25, 0.3) is 0 Å². The van der Waals surface area contributed by atoms with Crippen molar-refractivity contribution >= 4 is 18.3 Å². The molecule has 3 rings (SSSR count). The predicted octanol–water partition coefficient (Wildman–Crippen LogP) is 2.32. The molecule has 2 atom stereocenters. The highest BCUT2D eigenvalue weighted by Gasteiger charge is 2.34.